The predicted molar refractivity (Wildman–Crippen MR) is 57.1 cm³/mol. The Morgan fingerprint density at radius 2 is 2.29 bits per heavy atom. The van der Waals surface area contributed by atoms with Crippen LogP contribution in [-0.2, 0) is 4.74 Å². The molecule has 2 nitrogen and oxygen atoms in total. The Labute approximate surface area is 112 Å². The molecule has 0 spiro atoms. The molecule has 0 saturated carbocycles. The molecule has 14 heavy (non-hydrogen) atoms. The summed E-state index contributed by atoms with van der Waals surface area (Å²) in [5, 5.41) is 0. The molecule has 1 aliphatic heterocycles. The average molecular weight is 421 g/mol. The first kappa shape index (κ1) is 17.0. The summed E-state index contributed by atoms with van der Waals surface area (Å²) in [5.74, 6) is 1.02. The minimum Gasteiger partial charge on any atom is -0.497 e. The molecule has 0 radical (unpaired) electrons. The van der Waals surface area contributed by atoms with Gasteiger partial charge in [-0.1, -0.05) is 6.08 Å². The van der Waals surface area contributed by atoms with Gasteiger partial charge in [0, 0.05) is 6.04 Å². The van der Waals surface area contributed by atoms with Crippen LogP contribution in [0.25, 0.3) is 0 Å². The summed E-state index contributed by atoms with van der Waals surface area (Å²) in [7, 11) is 2.14. The van der Waals surface area contributed by atoms with Crippen molar-refractivity contribution >= 4 is 0 Å². The van der Waals surface area contributed by atoms with E-state index in [0.717, 1.165) is 25.3 Å². The van der Waals surface area contributed by atoms with Gasteiger partial charge in [-0.3, -0.25) is 0 Å². The van der Waals surface area contributed by atoms with E-state index >= 15 is 0 Å². The Morgan fingerprint density at radius 1 is 1.64 bits per heavy atom. The fourth-order valence-electron chi connectivity index (χ4n) is 1.31. The zero-order chi connectivity index (χ0) is 8.97. The van der Waals surface area contributed by atoms with E-state index in [-0.39, 0.29) is 38.5 Å². The van der Waals surface area contributed by atoms with Crippen molar-refractivity contribution in [3.05, 3.63) is 25.7 Å². The van der Waals surface area contributed by atoms with Crippen molar-refractivity contribution in [3.8, 4) is 0 Å². The van der Waals surface area contributed by atoms with E-state index in [1.54, 1.807) is 0 Å². The number of hydrogen-bond acceptors (Lipinski definition) is 2. The molecule has 0 aromatic heterocycles. The normalized spacial score (nSPS) is 22.5. The van der Waals surface area contributed by atoms with E-state index in [2.05, 4.69) is 18.4 Å². The minimum atomic E-state index is 0. The summed E-state index contributed by atoms with van der Waals surface area (Å²) in [5.41, 5.74) is 0. The van der Waals surface area contributed by atoms with Gasteiger partial charge in [-0.05, 0) is 20.9 Å². The topological polar surface area (TPSA) is 12.5 Å². The number of likely N-dealkylation sites (N-methyl/N-ethyl adjacent to an activating group) is 1. The third kappa shape index (κ3) is 5.44. The summed E-state index contributed by atoms with van der Waals surface area (Å²) >= 11 is 0. The maximum absolute atomic E-state index is 5.54. The van der Waals surface area contributed by atoms with E-state index in [9.17, 15) is 0 Å². The van der Waals surface area contributed by atoms with E-state index in [1.807, 2.05) is 19.9 Å². The second kappa shape index (κ2) is 8.83. The average Bonchev–Trinajstić information content (AvgIpc) is 2.47. The van der Waals surface area contributed by atoms with Crippen LogP contribution >= 0.6 is 0 Å². The maximum atomic E-state index is 5.54. The van der Waals surface area contributed by atoms with Crippen LogP contribution in [0.2, 0.25) is 0 Å². The van der Waals surface area contributed by atoms with E-state index in [4.69, 9.17) is 4.74 Å². The van der Waals surface area contributed by atoms with Crippen molar-refractivity contribution in [1.29, 1.82) is 0 Å². The van der Waals surface area contributed by atoms with Crippen molar-refractivity contribution in [2.75, 3.05) is 20.2 Å². The Hall–Kier alpha value is 0.552. The molecule has 0 N–H and O–H groups in total. The SMILES string of the molecule is C/C=C(/C)OC[C@@H]1C[CH-]CN1C.[CH3-].[U+2]. The number of hydrogen-bond donors (Lipinski definition) is 0. The van der Waals surface area contributed by atoms with Crippen LogP contribution < -0.4 is 0 Å². The van der Waals surface area contributed by atoms with Crippen molar-refractivity contribution in [3.63, 3.8) is 0 Å². The van der Waals surface area contributed by atoms with Crippen LogP contribution in [0.3, 0.4) is 0 Å². The number of allylic oxidation sites excluding steroid dienone is 2. The number of ether oxygens (including phenoxy) is 1. The largest absolute Gasteiger partial charge is 2.00 e. The standard InChI is InChI=1S/C10H18NO.CH3.U/c1-4-9(2)12-8-10-6-5-7-11(10)3;;/h4-5,10H,6-8H2,1-3H3;1H3;/q2*-1;+2/b9-4-;;/t10-;;/m0../s1. The van der Waals surface area contributed by atoms with Gasteiger partial charge in [-0.15, -0.1) is 6.54 Å². The molecule has 80 valence electrons. The summed E-state index contributed by atoms with van der Waals surface area (Å²) in [4.78, 5) is 2.32. The first-order chi connectivity index (χ1) is 5.74. The zero-order valence-corrected chi connectivity index (χ0v) is 13.9. The van der Waals surface area contributed by atoms with E-state index < -0.39 is 0 Å². The van der Waals surface area contributed by atoms with Crippen LogP contribution in [-0.4, -0.2) is 31.1 Å². The minimum absolute atomic E-state index is 0. The van der Waals surface area contributed by atoms with Crippen molar-refractivity contribution in [2.24, 2.45) is 0 Å². The van der Waals surface area contributed by atoms with E-state index in [1.165, 1.54) is 0 Å². The van der Waals surface area contributed by atoms with Crippen LogP contribution in [0.5, 0.6) is 0 Å². The van der Waals surface area contributed by atoms with Gasteiger partial charge in [0.2, 0.25) is 0 Å². The van der Waals surface area contributed by atoms with Crippen LogP contribution in [0, 0.1) is 45.0 Å². The van der Waals surface area contributed by atoms with E-state index in [0.29, 0.717) is 6.04 Å². The number of likely N-dealkylation sites (tertiary alicyclic amines) is 1. The molecule has 3 heteroatoms. The monoisotopic (exact) mass is 421 g/mol. The molecular formula is C11H21NOU. The molecule has 0 aromatic rings. The smallest absolute Gasteiger partial charge is 0.497 e. The molecule has 1 aliphatic rings. The molecule has 1 fully saturated rings. The molecule has 0 aliphatic carbocycles. The fourth-order valence-corrected chi connectivity index (χ4v) is 1.31. The van der Waals surface area contributed by atoms with Crippen LogP contribution in [0.1, 0.15) is 20.3 Å². The first-order valence-electron chi connectivity index (χ1n) is 4.51. The molecule has 1 heterocycles. The molecule has 1 atom stereocenters. The van der Waals surface area contributed by atoms with Gasteiger partial charge in [0.05, 0.1) is 5.76 Å². The fraction of sp³-hybridized carbons (Fsp3) is 0.636. The molecule has 0 aromatic carbocycles. The molecular weight excluding hydrogens is 400 g/mol. The van der Waals surface area contributed by atoms with Gasteiger partial charge in [-0.25, -0.2) is 0 Å². The molecule has 1 rings (SSSR count). The van der Waals surface area contributed by atoms with Gasteiger partial charge >= 0.3 is 31.1 Å². The van der Waals surface area contributed by atoms with Gasteiger partial charge in [0.15, 0.2) is 0 Å². The number of rotatable bonds is 3. The summed E-state index contributed by atoms with van der Waals surface area (Å²) in [6.45, 7) is 5.92. The molecule has 0 bridgehead atoms. The summed E-state index contributed by atoms with van der Waals surface area (Å²) < 4.78 is 5.54. The zero-order valence-electron chi connectivity index (χ0n) is 9.71. The van der Waals surface area contributed by atoms with Crippen LogP contribution in [0.15, 0.2) is 11.8 Å². The van der Waals surface area contributed by atoms with Crippen molar-refractivity contribution < 1.29 is 35.9 Å². The Balaban J connectivity index is 0. The van der Waals surface area contributed by atoms with Gasteiger partial charge in [0.25, 0.3) is 0 Å². The first-order valence-corrected chi connectivity index (χ1v) is 4.51. The second-order valence-corrected chi connectivity index (χ2v) is 3.33. The predicted octanol–water partition coefficient (Wildman–Crippen LogP) is 2.29. The third-order valence-corrected chi connectivity index (χ3v) is 2.39. The van der Waals surface area contributed by atoms with Crippen molar-refractivity contribution in [2.45, 2.75) is 26.3 Å². The van der Waals surface area contributed by atoms with Crippen molar-refractivity contribution in [1.82, 2.24) is 4.90 Å². The summed E-state index contributed by atoms with van der Waals surface area (Å²) in [6.07, 6.45) is 5.46. The number of nitrogens with zero attached hydrogens (tertiary/aromatic N) is 1. The Kier molecular flexibility index (Phi) is 10.7. The molecule has 0 unspecified atom stereocenters. The maximum Gasteiger partial charge on any atom is 2.00 e. The van der Waals surface area contributed by atoms with Crippen LogP contribution in [0.4, 0.5) is 0 Å². The van der Waals surface area contributed by atoms with Gasteiger partial charge in [0.1, 0.15) is 6.61 Å². The van der Waals surface area contributed by atoms with Gasteiger partial charge in [-0.2, -0.15) is 6.42 Å². The Bertz CT molecular complexity index is 171. The third-order valence-electron chi connectivity index (χ3n) is 2.39. The second-order valence-electron chi connectivity index (χ2n) is 3.33. The molecule has 0 amide bonds. The summed E-state index contributed by atoms with van der Waals surface area (Å²) in [6, 6.07) is 0.583. The Morgan fingerprint density at radius 3 is 2.71 bits per heavy atom. The van der Waals surface area contributed by atoms with Gasteiger partial charge < -0.3 is 23.5 Å². The quantitative estimate of drug-likeness (QED) is 0.512. The molecule has 1 saturated heterocycles.